The lowest BCUT2D eigenvalue weighted by Gasteiger charge is -2.13. The number of hydrogen-bond donors (Lipinski definition) is 1. The van der Waals surface area contributed by atoms with Crippen molar-refractivity contribution in [2.24, 2.45) is 0 Å². The van der Waals surface area contributed by atoms with E-state index in [1.54, 1.807) is 14.2 Å². The fourth-order valence-electron chi connectivity index (χ4n) is 3.05. The molecule has 0 fully saturated rings. The fraction of sp³-hybridized carbons (Fsp3) is 0.250. The second kappa shape index (κ2) is 10.9. The van der Waals surface area contributed by atoms with Crippen molar-refractivity contribution >= 4 is 15.9 Å². The molecule has 0 amide bonds. The largest absolute Gasteiger partial charge is 0.493 e. The smallest absolute Gasteiger partial charge is 0.160 e. The summed E-state index contributed by atoms with van der Waals surface area (Å²) in [5.74, 6) is 2.41. The van der Waals surface area contributed by atoms with E-state index in [4.69, 9.17) is 14.2 Å². The van der Waals surface area contributed by atoms with E-state index in [1.807, 2.05) is 42.5 Å². The summed E-state index contributed by atoms with van der Waals surface area (Å²) in [6.07, 6.45) is 0.897. The van der Waals surface area contributed by atoms with Crippen LogP contribution in [0.5, 0.6) is 17.2 Å². The number of rotatable bonds is 10. The van der Waals surface area contributed by atoms with Gasteiger partial charge in [-0.2, -0.15) is 0 Å². The Balaban J connectivity index is 1.55. The first-order valence-electron chi connectivity index (χ1n) is 9.56. The maximum atomic E-state index is 6.06. The third-order valence-corrected chi connectivity index (χ3v) is 5.11. The van der Waals surface area contributed by atoms with Gasteiger partial charge in [-0.05, 0) is 54.4 Å². The zero-order valence-corrected chi connectivity index (χ0v) is 18.4. The van der Waals surface area contributed by atoms with Gasteiger partial charge in [0.15, 0.2) is 11.5 Å². The molecule has 0 aliphatic carbocycles. The number of benzene rings is 3. The first-order valence-corrected chi connectivity index (χ1v) is 10.4. The second-order valence-electron chi connectivity index (χ2n) is 6.64. The van der Waals surface area contributed by atoms with Crippen LogP contribution in [0, 0.1) is 0 Å². The Morgan fingerprint density at radius 2 is 1.55 bits per heavy atom. The van der Waals surface area contributed by atoms with Gasteiger partial charge < -0.3 is 19.5 Å². The minimum absolute atomic E-state index is 0.557. The molecule has 0 saturated heterocycles. The molecular weight excluding hydrogens is 430 g/mol. The molecule has 0 saturated carbocycles. The SMILES string of the molecule is COc1ccc(CCNCc2cc(Br)ccc2OCc2ccccc2)cc1OC. The van der Waals surface area contributed by atoms with Crippen LogP contribution in [0.4, 0.5) is 0 Å². The zero-order chi connectivity index (χ0) is 20.5. The Bertz CT molecular complexity index is 915. The highest BCUT2D eigenvalue weighted by molar-refractivity contribution is 9.10. The number of methoxy groups -OCH3 is 2. The number of halogens is 1. The molecule has 3 aromatic rings. The maximum Gasteiger partial charge on any atom is 0.160 e. The summed E-state index contributed by atoms with van der Waals surface area (Å²) in [5, 5.41) is 3.51. The van der Waals surface area contributed by atoms with Crippen LogP contribution in [0.15, 0.2) is 71.2 Å². The van der Waals surface area contributed by atoms with Gasteiger partial charge in [0.25, 0.3) is 0 Å². The van der Waals surface area contributed by atoms with E-state index in [1.165, 1.54) is 5.56 Å². The predicted octanol–water partition coefficient (Wildman–Crippen LogP) is 5.38. The van der Waals surface area contributed by atoms with Gasteiger partial charge in [0.2, 0.25) is 0 Å². The van der Waals surface area contributed by atoms with E-state index in [9.17, 15) is 0 Å². The van der Waals surface area contributed by atoms with E-state index < -0.39 is 0 Å². The van der Waals surface area contributed by atoms with Gasteiger partial charge in [-0.15, -0.1) is 0 Å². The minimum atomic E-state index is 0.557. The Hall–Kier alpha value is -2.50. The van der Waals surface area contributed by atoms with Crippen molar-refractivity contribution in [3.63, 3.8) is 0 Å². The molecule has 0 unspecified atom stereocenters. The Kier molecular flexibility index (Phi) is 7.96. The van der Waals surface area contributed by atoms with Crippen molar-refractivity contribution in [3.8, 4) is 17.2 Å². The average Bonchev–Trinajstić information content (AvgIpc) is 2.76. The Morgan fingerprint density at radius 1 is 0.793 bits per heavy atom. The van der Waals surface area contributed by atoms with Gasteiger partial charge in [-0.3, -0.25) is 0 Å². The minimum Gasteiger partial charge on any atom is -0.493 e. The summed E-state index contributed by atoms with van der Waals surface area (Å²) >= 11 is 3.56. The first kappa shape index (κ1) is 21.2. The fourth-order valence-corrected chi connectivity index (χ4v) is 3.46. The Labute approximate surface area is 180 Å². The van der Waals surface area contributed by atoms with Crippen LogP contribution in [0.1, 0.15) is 16.7 Å². The van der Waals surface area contributed by atoms with E-state index in [0.29, 0.717) is 6.61 Å². The van der Waals surface area contributed by atoms with Gasteiger partial charge in [0.05, 0.1) is 14.2 Å². The molecule has 0 atom stereocenters. The highest BCUT2D eigenvalue weighted by Gasteiger charge is 2.07. The van der Waals surface area contributed by atoms with Gasteiger partial charge >= 0.3 is 0 Å². The topological polar surface area (TPSA) is 39.7 Å². The Morgan fingerprint density at radius 3 is 2.31 bits per heavy atom. The van der Waals surface area contributed by atoms with Crippen LogP contribution >= 0.6 is 15.9 Å². The van der Waals surface area contributed by atoms with E-state index in [2.05, 4.69) is 45.5 Å². The molecular formula is C24H26BrNO3. The number of ether oxygens (including phenoxy) is 3. The molecule has 152 valence electrons. The van der Waals surface area contributed by atoms with Crippen LogP contribution in [0.3, 0.4) is 0 Å². The lowest BCUT2D eigenvalue weighted by atomic mass is 10.1. The maximum absolute atomic E-state index is 6.06. The van der Waals surface area contributed by atoms with Gasteiger partial charge in [0.1, 0.15) is 12.4 Å². The molecule has 0 aliphatic rings. The molecule has 0 bridgehead atoms. The first-order chi connectivity index (χ1) is 14.2. The normalized spacial score (nSPS) is 10.6. The second-order valence-corrected chi connectivity index (χ2v) is 7.56. The van der Waals surface area contributed by atoms with E-state index in [-0.39, 0.29) is 0 Å². The van der Waals surface area contributed by atoms with Crippen molar-refractivity contribution in [2.75, 3.05) is 20.8 Å². The molecule has 0 heterocycles. The highest BCUT2D eigenvalue weighted by Crippen LogP contribution is 2.28. The lowest BCUT2D eigenvalue weighted by molar-refractivity contribution is 0.302. The molecule has 5 heteroatoms. The summed E-state index contributed by atoms with van der Waals surface area (Å²) in [4.78, 5) is 0. The summed E-state index contributed by atoms with van der Waals surface area (Å²) in [5.41, 5.74) is 3.48. The van der Waals surface area contributed by atoms with Crippen LogP contribution in [-0.2, 0) is 19.6 Å². The lowest BCUT2D eigenvalue weighted by Crippen LogP contribution is -2.17. The van der Waals surface area contributed by atoms with Gasteiger partial charge in [-0.1, -0.05) is 52.3 Å². The standard InChI is InChI=1S/C24H26BrNO3/c1-27-23-10-8-18(14-24(23)28-2)12-13-26-16-20-15-21(25)9-11-22(20)29-17-19-6-4-3-5-7-19/h3-11,14-15,26H,12-13,16-17H2,1-2H3. The zero-order valence-electron chi connectivity index (χ0n) is 16.8. The van der Waals surface area contributed by atoms with Crippen molar-refractivity contribution in [3.05, 3.63) is 87.9 Å². The molecule has 3 rings (SSSR count). The number of nitrogens with one attached hydrogen (secondary N) is 1. The molecule has 0 radical (unpaired) electrons. The van der Waals surface area contributed by atoms with E-state index >= 15 is 0 Å². The van der Waals surface area contributed by atoms with Crippen molar-refractivity contribution < 1.29 is 14.2 Å². The molecule has 0 aromatic heterocycles. The third-order valence-electron chi connectivity index (χ3n) is 4.61. The molecule has 1 N–H and O–H groups in total. The molecule has 29 heavy (non-hydrogen) atoms. The summed E-state index contributed by atoms with van der Waals surface area (Å²) in [6, 6.07) is 22.3. The summed E-state index contributed by atoms with van der Waals surface area (Å²) in [7, 11) is 3.30. The molecule has 0 aliphatic heterocycles. The predicted molar refractivity (Wildman–Crippen MR) is 120 cm³/mol. The third kappa shape index (κ3) is 6.24. The van der Waals surface area contributed by atoms with Crippen LogP contribution in [0.25, 0.3) is 0 Å². The van der Waals surface area contributed by atoms with E-state index in [0.717, 1.165) is 52.4 Å². The van der Waals surface area contributed by atoms with Gasteiger partial charge in [-0.25, -0.2) is 0 Å². The van der Waals surface area contributed by atoms with Crippen LogP contribution < -0.4 is 19.5 Å². The monoisotopic (exact) mass is 455 g/mol. The van der Waals surface area contributed by atoms with Crippen molar-refractivity contribution in [1.29, 1.82) is 0 Å². The molecule has 0 spiro atoms. The molecule has 4 nitrogen and oxygen atoms in total. The quantitative estimate of drug-likeness (QED) is 0.416. The highest BCUT2D eigenvalue weighted by atomic mass is 79.9. The summed E-state index contributed by atoms with van der Waals surface area (Å²) in [6.45, 7) is 2.14. The van der Waals surface area contributed by atoms with Crippen LogP contribution in [0.2, 0.25) is 0 Å². The van der Waals surface area contributed by atoms with Crippen molar-refractivity contribution in [1.82, 2.24) is 5.32 Å². The average molecular weight is 456 g/mol. The molecule has 3 aromatic carbocycles. The van der Waals surface area contributed by atoms with Crippen LogP contribution in [-0.4, -0.2) is 20.8 Å². The number of hydrogen-bond acceptors (Lipinski definition) is 4. The summed E-state index contributed by atoms with van der Waals surface area (Å²) < 4.78 is 17.8. The van der Waals surface area contributed by atoms with Gasteiger partial charge in [0, 0.05) is 16.6 Å². The van der Waals surface area contributed by atoms with Crippen molar-refractivity contribution in [2.45, 2.75) is 19.6 Å².